The van der Waals surface area contributed by atoms with Gasteiger partial charge in [-0.05, 0) is 0 Å². The summed E-state index contributed by atoms with van der Waals surface area (Å²) in [6, 6.07) is 0. The van der Waals surface area contributed by atoms with Crippen molar-refractivity contribution in [3.05, 3.63) is 0 Å². The summed E-state index contributed by atoms with van der Waals surface area (Å²) < 4.78 is 0. The maximum Gasteiger partial charge on any atom is 0 e. The summed E-state index contributed by atoms with van der Waals surface area (Å²) in [6.45, 7) is 0. The fourth-order valence-corrected chi connectivity index (χ4v) is 0. The van der Waals surface area contributed by atoms with Crippen LogP contribution in [0.1, 0.15) is 0 Å². The molecule has 0 unspecified atom stereocenters. The number of hydrogen-bond donors (Lipinski definition) is 0. The summed E-state index contributed by atoms with van der Waals surface area (Å²) >= 11 is 4.21. The minimum absolute atomic E-state index is 0. The molecular weight excluding hydrogens is 746 g/mol. The molecule has 0 fully saturated rings. The number of hydrogen-bond acceptors (Lipinski definition) is 0. The Kier molecular flexibility index (Phi) is 84.2. The van der Waals surface area contributed by atoms with Gasteiger partial charge in [-0.1, -0.05) is 0 Å². The fourth-order valence-electron chi connectivity index (χ4n) is 0. The normalized spacial score (nSPS) is 1.67. The van der Waals surface area contributed by atoms with Crippen molar-refractivity contribution in [1.82, 2.24) is 0 Å². The smallest absolute Gasteiger partial charge is 0 e. The van der Waals surface area contributed by atoms with Crippen LogP contribution in [0.5, 0.6) is 0 Å². The number of rotatable bonds is 0. The summed E-state index contributed by atoms with van der Waals surface area (Å²) in [5.74, 6) is 0. The minimum Gasteiger partial charge on any atom is 0 e. The van der Waals surface area contributed by atoms with Gasteiger partial charge in [-0.25, -0.2) is 0 Å². The average molecular weight is 748 g/mol. The van der Waals surface area contributed by atoms with Crippen molar-refractivity contribution in [3.63, 3.8) is 0 Å². The molecule has 0 aliphatic rings. The third-order valence-corrected chi connectivity index (χ3v) is 0. The van der Waals surface area contributed by atoms with Gasteiger partial charge < -0.3 is 0 Å². The SMILES string of the molecule is [Cd].[Cd].[TeH][Hg][TeH].[Zn]. The standard InChI is InChI=1S/2Cd.Hg.2H2Te.Zn/h;;;2*1H2;/q;;+2;;;/p-2. The first kappa shape index (κ1) is 22.4. The third-order valence-electron chi connectivity index (χ3n) is 0. The molecule has 0 aromatic carbocycles. The molecule has 0 saturated carbocycles. The van der Waals surface area contributed by atoms with Crippen LogP contribution in [-0.4, -0.2) is 34.8 Å². The second-order valence-electron chi connectivity index (χ2n) is 0.141. The monoisotopic (exact) mass is 756 g/mol. The molecule has 0 aromatic rings. The Morgan fingerprint density at radius 1 is 1.00 bits per heavy atom. The van der Waals surface area contributed by atoms with Gasteiger partial charge in [-0.15, -0.1) is 0 Å². The molecule has 0 spiro atoms. The van der Waals surface area contributed by atoms with E-state index in [0.717, 1.165) is 0 Å². The van der Waals surface area contributed by atoms with Gasteiger partial charge in [0, 0.05) is 74.1 Å². The molecule has 0 amide bonds. The van der Waals surface area contributed by atoms with Crippen LogP contribution in [0.3, 0.4) is 0 Å². The molecule has 0 radical (unpaired) electrons. The minimum atomic E-state index is 0. The van der Waals surface area contributed by atoms with E-state index < -0.39 is 0 Å². The molecule has 22 valence electrons. The first-order valence-corrected chi connectivity index (χ1v) is 37.2. The van der Waals surface area contributed by atoms with Crippen LogP contribution in [0.2, 0.25) is 0 Å². The fraction of sp³-hybridized carbons (Fsp3) is 0. The Morgan fingerprint density at radius 2 is 1.00 bits per heavy atom. The van der Waals surface area contributed by atoms with E-state index in [1.54, 1.807) is 0 Å². The quantitative estimate of drug-likeness (QED) is 0.271. The van der Waals surface area contributed by atoms with E-state index in [1.807, 2.05) is 0 Å². The molecule has 0 nitrogen and oxygen atoms in total. The van der Waals surface area contributed by atoms with E-state index >= 15 is 0 Å². The van der Waals surface area contributed by atoms with Crippen molar-refractivity contribution in [2.24, 2.45) is 0 Å². The van der Waals surface area contributed by atoms with Crippen LogP contribution in [0.15, 0.2) is 0 Å². The summed E-state index contributed by atoms with van der Waals surface area (Å²) in [5.41, 5.74) is 0. The molecule has 6 heavy (non-hydrogen) atoms. The van der Waals surface area contributed by atoms with Crippen LogP contribution < -0.4 is 0 Å². The average Bonchev–Trinajstić information content (AvgIpc) is 0.918. The van der Waals surface area contributed by atoms with Gasteiger partial charge in [0.05, 0.1) is 0 Å². The van der Waals surface area contributed by atoms with Gasteiger partial charge in [0.2, 0.25) is 0 Å². The zero-order valence-electron chi connectivity index (χ0n) is 3.72. The summed E-state index contributed by atoms with van der Waals surface area (Å²) in [7, 11) is 0. The molecular formula is H2Cd2HgTe2Zn. The van der Waals surface area contributed by atoms with Crippen molar-refractivity contribution < 1.29 is 90.2 Å². The Balaban J connectivity index is -0.00000000667. The van der Waals surface area contributed by atoms with Crippen LogP contribution in [0.4, 0.5) is 0 Å². The van der Waals surface area contributed by atoms with Crippen molar-refractivity contribution in [2.75, 3.05) is 0 Å². The molecule has 0 aliphatic carbocycles. The Morgan fingerprint density at radius 3 is 1.00 bits per heavy atom. The Bertz CT molecular complexity index is 11.5. The van der Waals surface area contributed by atoms with Gasteiger partial charge in [-0.3, -0.25) is 0 Å². The van der Waals surface area contributed by atoms with Crippen LogP contribution in [0, 0.1) is 0 Å². The van der Waals surface area contributed by atoms with Crippen LogP contribution in [0.25, 0.3) is 0 Å². The zero-order valence-corrected chi connectivity index (χ0v) is 25.4. The van der Waals surface area contributed by atoms with Gasteiger partial charge in [0.1, 0.15) is 0 Å². The van der Waals surface area contributed by atoms with E-state index in [1.165, 1.54) is 0 Å². The predicted octanol–water partition coefficient (Wildman–Crippen LogP) is -1.31. The van der Waals surface area contributed by atoms with E-state index in [4.69, 9.17) is 0 Å². The molecule has 0 rings (SSSR count). The molecule has 0 atom stereocenters. The molecule has 0 heterocycles. The maximum atomic E-state index is 2.10. The van der Waals surface area contributed by atoms with Crippen molar-refractivity contribution in [1.29, 1.82) is 0 Å². The second kappa shape index (κ2) is 22.5. The second-order valence-corrected chi connectivity index (χ2v) is 55.8. The first-order valence-electron chi connectivity index (χ1n) is 0.632. The van der Waals surface area contributed by atoms with E-state index in [0.29, 0.717) is 0 Å². The molecule has 0 saturated heterocycles. The van der Waals surface area contributed by atoms with Gasteiger partial charge in [-0.2, -0.15) is 0 Å². The summed E-state index contributed by atoms with van der Waals surface area (Å²) in [6.07, 6.45) is 0. The predicted molar refractivity (Wildman–Crippen MR) is 14.3 cm³/mol. The van der Waals surface area contributed by atoms with E-state index in [-0.39, 0.29) is 90.2 Å². The zero-order chi connectivity index (χ0) is 2.71. The largest absolute Gasteiger partial charge is 0 e. The van der Waals surface area contributed by atoms with Crippen molar-refractivity contribution in [3.8, 4) is 0 Å². The van der Waals surface area contributed by atoms with Gasteiger partial charge in [0.25, 0.3) is 0 Å². The summed E-state index contributed by atoms with van der Waals surface area (Å²) in [5, 5.41) is 0. The Labute approximate surface area is 121 Å². The first-order chi connectivity index (χ1) is 1.41. The molecule has 0 bridgehead atoms. The molecule has 0 aromatic heterocycles. The van der Waals surface area contributed by atoms with E-state index in [9.17, 15) is 0 Å². The van der Waals surface area contributed by atoms with Crippen molar-refractivity contribution in [2.45, 2.75) is 0 Å². The topological polar surface area (TPSA) is 0 Å². The third kappa shape index (κ3) is 23.1. The Hall–Kier alpha value is 4.98. The van der Waals surface area contributed by atoms with Gasteiger partial charge in [0.15, 0.2) is 0 Å². The molecule has 0 aliphatic heterocycles. The maximum absolute atomic E-state index is 2.10. The van der Waals surface area contributed by atoms with Crippen LogP contribution >= 0.6 is 0 Å². The van der Waals surface area contributed by atoms with Crippen molar-refractivity contribution >= 4 is 34.8 Å². The van der Waals surface area contributed by atoms with Gasteiger partial charge >= 0.3 is 50.9 Å². The van der Waals surface area contributed by atoms with Crippen LogP contribution in [-0.2, 0) is 90.2 Å². The molecule has 6 heteroatoms. The van der Waals surface area contributed by atoms with E-state index in [2.05, 4.69) is 34.8 Å². The molecule has 0 N–H and O–H groups in total. The summed E-state index contributed by atoms with van der Waals surface area (Å²) in [4.78, 5) is 0.